The molecule has 0 fully saturated rings. The van der Waals surface area contributed by atoms with Gasteiger partial charge < -0.3 is 9.67 Å². The molecule has 0 radical (unpaired) electrons. The Hall–Kier alpha value is -1.65. The molecule has 4 heteroatoms. The molecule has 1 N–H and O–H groups in total. The highest BCUT2D eigenvalue weighted by Crippen LogP contribution is 2.29. The molecule has 3 nitrogen and oxygen atoms in total. The Bertz CT molecular complexity index is 795. The van der Waals surface area contributed by atoms with E-state index in [1.165, 1.54) is 0 Å². The number of aromatic nitrogens is 2. The molecular weight excluding hydrogens is 328 g/mol. The standard InChI is InChI=1S/C17H17BrN2O/c1-11-6-5-7-12(17(11)18)15(21)10-16-19-13-8-3-4-9-14(13)20(16)2/h3-9,15,21H,10H2,1-2H3. The number of para-hydroxylation sites is 2. The molecular formula is C17H17BrN2O. The minimum atomic E-state index is -0.574. The third kappa shape index (κ3) is 2.61. The van der Waals surface area contributed by atoms with Crippen LogP contribution in [-0.2, 0) is 13.5 Å². The second kappa shape index (κ2) is 5.62. The van der Waals surface area contributed by atoms with Gasteiger partial charge in [-0.15, -0.1) is 0 Å². The fourth-order valence-electron chi connectivity index (χ4n) is 2.59. The van der Waals surface area contributed by atoms with E-state index in [2.05, 4.69) is 20.9 Å². The summed E-state index contributed by atoms with van der Waals surface area (Å²) in [4.78, 5) is 4.62. The molecule has 108 valence electrons. The predicted octanol–water partition coefficient (Wildman–Crippen LogP) is 3.92. The topological polar surface area (TPSA) is 38.1 Å². The number of aliphatic hydroxyl groups is 1. The normalized spacial score (nSPS) is 12.8. The maximum atomic E-state index is 10.5. The molecule has 0 spiro atoms. The van der Waals surface area contributed by atoms with Crippen LogP contribution in [0.4, 0.5) is 0 Å². The van der Waals surface area contributed by atoms with Gasteiger partial charge in [0.25, 0.3) is 0 Å². The van der Waals surface area contributed by atoms with Crippen LogP contribution in [0.15, 0.2) is 46.9 Å². The highest BCUT2D eigenvalue weighted by Gasteiger charge is 2.16. The lowest BCUT2D eigenvalue weighted by Crippen LogP contribution is -2.08. The third-order valence-corrected chi connectivity index (χ3v) is 4.92. The Morgan fingerprint density at radius 3 is 2.71 bits per heavy atom. The largest absolute Gasteiger partial charge is 0.388 e. The lowest BCUT2D eigenvalue weighted by molar-refractivity contribution is 0.174. The van der Waals surface area contributed by atoms with Crippen LogP contribution in [-0.4, -0.2) is 14.7 Å². The van der Waals surface area contributed by atoms with Crippen molar-refractivity contribution in [3.05, 3.63) is 63.9 Å². The molecule has 0 saturated heterocycles. The van der Waals surface area contributed by atoms with Crippen molar-refractivity contribution in [2.75, 3.05) is 0 Å². The van der Waals surface area contributed by atoms with E-state index in [-0.39, 0.29) is 0 Å². The number of hydrogen-bond acceptors (Lipinski definition) is 2. The van der Waals surface area contributed by atoms with Crippen molar-refractivity contribution in [1.82, 2.24) is 9.55 Å². The Balaban J connectivity index is 1.94. The van der Waals surface area contributed by atoms with Crippen LogP contribution in [0.1, 0.15) is 23.1 Å². The monoisotopic (exact) mass is 344 g/mol. The van der Waals surface area contributed by atoms with Gasteiger partial charge in [0.2, 0.25) is 0 Å². The summed E-state index contributed by atoms with van der Waals surface area (Å²) in [5.41, 5.74) is 4.08. The number of benzene rings is 2. The van der Waals surface area contributed by atoms with E-state index in [0.29, 0.717) is 6.42 Å². The van der Waals surface area contributed by atoms with Gasteiger partial charge in [0.15, 0.2) is 0 Å². The lowest BCUT2D eigenvalue weighted by atomic mass is 10.0. The average Bonchev–Trinajstić information content (AvgIpc) is 2.79. The first-order chi connectivity index (χ1) is 10.1. The number of fused-ring (bicyclic) bond motifs is 1. The third-order valence-electron chi connectivity index (χ3n) is 3.84. The quantitative estimate of drug-likeness (QED) is 0.781. The molecule has 3 rings (SSSR count). The fraction of sp³-hybridized carbons (Fsp3) is 0.235. The number of imidazole rings is 1. The summed E-state index contributed by atoms with van der Waals surface area (Å²) in [5.74, 6) is 0.886. The van der Waals surface area contributed by atoms with E-state index < -0.39 is 6.10 Å². The number of hydrogen-bond donors (Lipinski definition) is 1. The molecule has 0 aliphatic rings. The lowest BCUT2D eigenvalue weighted by Gasteiger charge is -2.14. The number of halogens is 1. The second-order valence-corrected chi connectivity index (χ2v) is 6.07. The maximum Gasteiger partial charge on any atom is 0.112 e. The van der Waals surface area contributed by atoms with E-state index in [1.807, 2.05) is 61.0 Å². The number of aryl methyl sites for hydroxylation is 2. The summed E-state index contributed by atoms with van der Waals surface area (Å²) in [7, 11) is 1.99. The molecule has 3 aromatic rings. The molecule has 2 aromatic carbocycles. The van der Waals surface area contributed by atoms with Crippen LogP contribution >= 0.6 is 15.9 Å². The summed E-state index contributed by atoms with van der Waals surface area (Å²) in [6, 6.07) is 14.0. The van der Waals surface area contributed by atoms with Crippen LogP contribution < -0.4 is 0 Å². The highest BCUT2D eigenvalue weighted by atomic mass is 79.9. The number of aliphatic hydroxyl groups excluding tert-OH is 1. The van der Waals surface area contributed by atoms with Crippen molar-refractivity contribution in [3.63, 3.8) is 0 Å². The van der Waals surface area contributed by atoms with Crippen molar-refractivity contribution in [1.29, 1.82) is 0 Å². The molecule has 1 atom stereocenters. The minimum Gasteiger partial charge on any atom is -0.388 e. The zero-order valence-corrected chi connectivity index (χ0v) is 13.6. The van der Waals surface area contributed by atoms with Gasteiger partial charge in [-0.3, -0.25) is 0 Å². The first-order valence-electron chi connectivity index (χ1n) is 6.91. The Morgan fingerprint density at radius 2 is 1.95 bits per heavy atom. The van der Waals surface area contributed by atoms with Crippen LogP contribution in [0.2, 0.25) is 0 Å². The molecule has 1 unspecified atom stereocenters. The van der Waals surface area contributed by atoms with Gasteiger partial charge in [0.05, 0.1) is 17.1 Å². The minimum absolute atomic E-state index is 0.493. The first kappa shape index (κ1) is 14.3. The summed E-state index contributed by atoms with van der Waals surface area (Å²) < 4.78 is 3.01. The maximum absolute atomic E-state index is 10.5. The summed E-state index contributed by atoms with van der Waals surface area (Å²) in [5, 5.41) is 10.5. The van der Waals surface area contributed by atoms with E-state index in [0.717, 1.165) is 32.5 Å². The molecule has 0 saturated carbocycles. The van der Waals surface area contributed by atoms with Gasteiger partial charge in [0, 0.05) is 17.9 Å². The number of nitrogens with zero attached hydrogens (tertiary/aromatic N) is 2. The highest BCUT2D eigenvalue weighted by molar-refractivity contribution is 9.10. The zero-order valence-electron chi connectivity index (χ0n) is 12.0. The average molecular weight is 345 g/mol. The van der Waals surface area contributed by atoms with E-state index in [4.69, 9.17) is 0 Å². The summed E-state index contributed by atoms with van der Waals surface area (Å²) >= 11 is 3.56. The van der Waals surface area contributed by atoms with Gasteiger partial charge >= 0.3 is 0 Å². The van der Waals surface area contributed by atoms with Crippen LogP contribution in [0.3, 0.4) is 0 Å². The van der Waals surface area contributed by atoms with Crippen LogP contribution in [0.5, 0.6) is 0 Å². The van der Waals surface area contributed by atoms with Crippen molar-refractivity contribution in [2.24, 2.45) is 7.05 Å². The smallest absolute Gasteiger partial charge is 0.112 e. The summed E-state index contributed by atoms with van der Waals surface area (Å²) in [6.07, 6.45) is -0.0810. The molecule has 0 amide bonds. The predicted molar refractivity (Wildman–Crippen MR) is 88.3 cm³/mol. The molecule has 0 aliphatic carbocycles. The van der Waals surface area contributed by atoms with Gasteiger partial charge in [-0.2, -0.15) is 0 Å². The molecule has 1 heterocycles. The molecule has 1 aromatic heterocycles. The second-order valence-electron chi connectivity index (χ2n) is 5.27. The van der Waals surface area contributed by atoms with Gasteiger partial charge in [-0.1, -0.05) is 46.3 Å². The van der Waals surface area contributed by atoms with Crippen LogP contribution in [0, 0.1) is 6.92 Å². The Morgan fingerprint density at radius 1 is 1.19 bits per heavy atom. The van der Waals surface area contributed by atoms with Crippen molar-refractivity contribution >= 4 is 27.0 Å². The fourth-order valence-corrected chi connectivity index (χ4v) is 3.12. The molecule has 21 heavy (non-hydrogen) atoms. The molecule has 0 aliphatic heterocycles. The molecule has 0 bridgehead atoms. The number of rotatable bonds is 3. The Kier molecular flexibility index (Phi) is 3.83. The van der Waals surface area contributed by atoms with Gasteiger partial charge in [-0.25, -0.2) is 4.98 Å². The van der Waals surface area contributed by atoms with Gasteiger partial charge in [0.1, 0.15) is 5.82 Å². The van der Waals surface area contributed by atoms with E-state index >= 15 is 0 Å². The van der Waals surface area contributed by atoms with Crippen molar-refractivity contribution in [3.8, 4) is 0 Å². The van der Waals surface area contributed by atoms with Crippen LogP contribution in [0.25, 0.3) is 11.0 Å². The van der Waals surface area contributed by atoms with Gasteiger partial charge in [-0.05, 0) is 30.2 Å². The van der Waals surface area contributed by atoms with E-state index in [9.17, 15) is 5.11 Å². The zero-order chi connectivity index (χ0) is 15.0. The van der Waals surface area contributed by atoms with Crippen molar-refractivity contribution in [2.45, 2.75) is 19.4 Å². The summed E-state index contributed by atoms with van der Waals surface area (Å²) in [6.45, 7) is 2.02. The first-order valence-corrected chi connectivity index (χ1v) is 7.70. The Labute approximate surface area is 132 Å². The van der Waals surface area contributed by atoms with E-state index in [1.54, 1.807) is 0 Å². The SMILES string of the molecule is Cc1cccc(C(O)Cc2nc3ccccc3n2C)c1Br. The van der Waals surface area contributed by atoms with Crippen molar-refractivity contribution < 1.29 is 5.11 Å².